The van der Waals surface area contributed by atoms with Gasteiger partial charge < -0.3 is 20.3 Å². The fraction of sp³-hybridized carbons (Fsp3) is 0.565. The van der Waals surface area contributed by atoms with Crippen molar-refractivity contribution in [2.24, 2.45) is 5.41 Å². The van der Waals surface area contributed by atoms with Crippen LogP contribution in [-0.2, 0) is 4.74 Å². The van der Waals surface area contributed by atoms with Gasteiger partial charge in [-0.25, -0.2) is 4.98 Å². The molecule has 0 unspecified atom stereocenters. The minimum absolute atomic E-state index is 0.0111. The molecule has 2 aliphatic rings. The molecule has 2 saturated heterocycles. The largest absolute Gasteiger partial charge is 0.379 e. The molecule has 1 atom stereocenters. The molecule has 1 aromatic heterocycles. The number of rotatable bonds is 3. The fourth-order valence-electron chi connectivity index (χ4n) is 4.38. The molecule has 0 amide bonds. The number of piperidine rings is 1. The monoisotopic (exact) mass is 429 g/mol. The Labute approximate surface area is 184 Å². The third-order valence-electron chi connectivity index (χ3n) is 6.32. The molecule has 162 valence electrons. The molecule has 0 radical (unpaired) electrons. The van der Waals surface area contributed by atoms with Crippen LogP contribution in [0.3, 0.4) is 0 Å². The van der Waals surface area contributed by atoms with E-state index in [4.69, 9.17) is 22.1 Å². The van der Waals surface area contributed by atoms with Gasteiger partial charge in [-0.1, -0.05) is 31.5 Å². The zero-order valence-corrected chi connectivity index (χ0v) is 19.0. The van der Waals surface area contributed by atoms with Crippen molar-refractivity contribution in [2.45, 2.75) is 46.1 Å². The van der Waals surface area contributed by atoms with Crippen LogP contribution in [0.1, 0.15) is 50.4 Å². The van der Waals surface area contributed by atoms with E-state index in [1.807, 2.05) is 13.0 Å². The van der Waals surface area contributed by atoms with Crippen molar-refractivity contribution in [1.29, 1.82) is 0 Å². The van der Waals surface area contributed by atoms with Gasteiger partial charge in [0.1, 0.15) is 5.82 Å². The number of nitrogen functional groups attached to an aromatic ring is 1. The van der Waals surface area contributed by atoms with E-state index in [9.17, 15) is 0 Å². The molecule has 1 aromatic carbocycles. The Bertz CT molecular complexity index is 873. The summed E-state index contributed by atoms with van der Waals surface area (Å²) in [6.45, 7) is 10.9. The zero-order valence-electron chi connectivity index (χ0n) is 18.2. The molecular weight excluding hydrogens is 398 g/mol. The number of nitrogens with two attached hydrogens (primary N) is 1. The predicted molar refractivity (Wildman–Crippen MR) is 123 cm³/mol. The van der Waals surface area contributed by atoms with Crippen molar-refractivity contribution < 1.29 is 4.74 Å². The van der Waals surface area contributed by atoms with Gasteiger partial charge in [-0.05, 0) is 49.3 Å². The van der Waals surface area contributed by atoms with Crippen LogP contribution in [0, 0.1) is 12.3 Å². The number of hydrogen-bond acceptors (Lipinski definition) is 6. The van der Waals surface area contributed by atoms with E-state index < -0.39 is 0 Å². The summed E-state index contributed by atoms with van der Waals surface area (Å²) in [5.74, 6) is 1.12. The number of aryl methyl sites for hydroxylation is 1. The third kappa shape index (κ3) is 4.65. The van der Waals surface area contributed by atoms with Crippen LogP contribution in [0.5, 0.6) is 0 Å². The van der Waals surface area contributed by atoms with Crippen LogP contribution in [0.4, 0.5) is 17.5 Å². The van der Waals surface area contributed by atoms with E-state index in [1.165, 1.54) is 18.5 Å². The number of nitrogens with zero attached hydrogens (tertiary/aromatic N) is 4. The third-order valence-corrected chi connectivity index (χ3v) is 6.64. The fourth-order valence-corrected chi connectivity index (χ4v) is 4.69. The lowest BCUT2D eigenvalue weighted by molar-refractivity contribution is 0.134. The summed E-state index contributed by atoms with van der Waals surface area (Å²) in [5, 5.41) is 0.775. The number of anilines is 3. The van der Waals surface area contributed by atoms with Gasteiger partial charge in [0.2, 0.25) is 5.95 Å². The maximum absolute atomic E-state index is 6.84. The Balaban J connectivity index is 1.61. The van der Waals surface area contributed by atoms with Gasteiger partial charge in [-0.15, -0.1) is 0 Å². The van der Waals surface area contributed by atoms with E-state index in [0.29, 0.717) is 18.0 Å². The first-order chi connectivity index (χ1) is 14.3. The van der Waals surface area contributed by atoms with Gasteiger partial charge >= 0.3 is 0 Å². The van der Waals surface area contributed by atoms with Crippen LogP contribution < -0.4 is 15.5 Å². The minimum Gasteiger partial charge on any atom is -0.379 e. The molecule has 6 nitrogen and oxygen atoms in total. The Morgan fingerprint density at radius 2 is 1.90 bits per heavy atom. The lowest BCUT2D eigenvalue weighted by Crippen LogP contribution is -2.37. The summed E-state index contributed by atoms with van der Waals surface area (Å²) >= 11 is 6.84. The highest BCUT2D eigenvalue weighted by atomic mass is 35.5. The zero-order chi connectivity index (χ0) is 21.3. The predicted octanol–water partition coefficient (Wildman–Crippen LogP) is 4.62. The lowest BCUT2D eigenvalue weighted by Gasteiger charge is -2.38. The topological polar surface area (TPSA) is 67.5 Å². The van der Waals surface area contributed by atoms with E-state index in [-0.39, 0.29) is 6.04 Å². The molecule has 2 aliphatic heterocycles. The van der Waals surface area contributed by atoms with E-state index in [1.54, 1.807) is 0 Å². The Kier molecular flexibility index (Phi) is 6.07. The number of hydrogen-bond donors (Lipinski definition) is 1. The number of benzene rings is 1. The summed E-state index contributed by atoms with van der Waals surface area (Å²) < 4.78 is 5.91. The smallest absolute Gasteiger partial charge is 0.222 e. The number of ether oxygens (including phenoxy) is 1. The molecule has 0 spiro atoms. The second kappa shape index (κ2) is 8.60. The molecule has 2 aromatic rings. The molecule has 2 fully saturated rings. The van der Waals surface area contributed by atoms with Crippen molar-refractivity contribution in [3.63, 3.8) is 0 Å². The van der Waals surface area contributed by atoms with Gasteiger partial charge in [0, 0.05) is 48.7 Å². The molecule has 0 aliphatic carbocycles. The van der Waals surface area contributed by atoms with Gasteiger partial charge in [0.05, 0.1) is 12.6 Å². The van der Waals surface area contributed by atoms with Gasteiger partial charge in [0.25, 0.3) is 0 Å². The highest BCUT2D eigenvalue weighted by molar-refractivity contribution is 6.31. The summed E-state index contributed by atoms with van der Waals surface area (Å²) in [6, 6.07) is 8.43. The number of aromatic nitrogens is 2. The lowest BCUT2D eigenvalue weighted by atomic mass is 9.82. The van der Waals surface area contributed by atoms with E-state index in [0.717, 1.165) is 54.8 Å². The van der Waals surface area contributed by atoms with Crippen LogP contribution in [0.15, 0.2) is 24.3 Å². The molecule has 3 heterocycles. The summed E-state index contributed by atoms with van der Waals surface area (Å²) in [6.07, 6.45) is 3.33. The maximum Gasteiger partial charge on any atom is 0.222 e. The second-order valence-electron chi connectivity index (χ2n) is 9.22. The van der Waals surface area contributed by atoms with Crippen LogP contribution in [0.2, 0.25) is 5.02 Å². The first kappa shape index (κ1) is 21.2. The average molecular weight is 430 g/mol. The van der Waals surface area contributed by atoms with E-state index in [2.05, 4.69) is 51.8 Å². The van der Waals surface area contributed by atoms with Crippen molar-refractivity contribution in [1.82, 2.24) is 9.97 Å². The summed E-state index contributed by atoms with van der Waals surface area (Å²) in [4.78, 5) is 13.4. The molecule has 30 heavy (non-hydrogen) atoms. The Morgan fingerprint density at radius 1 is 1.13 bits per heavy atom. The standard InChI is InChI=1S/C23H32ClN5O/c1-16-13-21(27-22(25)26-16)29-9-4-12-30-15-20(29)18-6-5-17(14-19(18)24)28-10-7-23(2,3)8-11-28/h5-6,13-14,20H,4,7-12,15H2,1-3H3,(H2,25,26,27)/t20-/m1/s1. The van der Waals surface area contributed by atoms with Crippen LogP contribution in [0.25, 0.3) is 0 Å². The minimum atomic E-state index is -0.0111. The van der Waals surface area contributed by atoms with Gasteiger partial charge in [-0.3, -0.25) is 0 Å². The van der Waals surface area contributed by atoms with Gasteiger partial charge in [-0.2, -0.15) is 4.98 Å². The molecule has 4 rings (SSSR count). The number of halogens is 1. The highest BCUT2D eigenvalue weighted by Gasteiger charge is 2.29. The maximum atomic E-state index is 6.84. The Hall–Kier alpha value is -2.05. The Morgan fingerprint density at radius 3 is 2.60 bits per heavy atom. The SMILES string of the molecule is Cc1cc(N2CCCOC[C@@H]2c2ccc(N3CCC(C)(C)CC3)cc2Cl)nc(N)n1. The van der Waals surface area contributed by atoms with Gasteiger partial charge in [0.15, 0.2) is 0 Å². The van der Waals surface area contributed by atoms with Crippen LogP contribution in [-0.4, -0.2) is 42.8 Å². The summed E-state index contributed by atoms with van der Waals surface area (Å²) in [5.41, 5.74) is 9.47. The second-order valence-corrected chi connectivity index (χ2v) is 9.63. The average Bonchev–Trinajstić information content (AvgIpc) is 2.93. The highest BCUT2D eigenvalue weighted by Crippen LogP contribution is 2.37. The van der Waals surface area contributed by atoms with Crippen molar-refractivity contribution >= 4 is 29.1 Å². The van der Waals surface area contributed by atoms with Crippen molar-refractivity contribution in [3.05, 3.63) is 40.5 Å². The summed E-state index contributed by atoms with van der Waals surface area (Å²) in [7, 11) is 0. The van der Waals surface area contributed by atoms with E-state index >= 15 is 0 Å². The quantitative estimate of drug-likeness (QED) is 0.768. The van der Waals surface area contributed by atoms with Crippen molar-refractivity contribution in [3.8, 4) is 0 Å². The van der Waals surface area contributed by atoms with Crippen LogP contribution >= 0.6 is 11.6 Å². The normalized spacial score (nSPS) is 22.1. The molecule has 0 saturated carbocycles. The molecule has 0 bridgehead atoms. The molecule has 7 heteroatoms. The molecular formula is C23H32ClN5O. The first-order valence-corrected chi connectivity index (χ1v) is 11.2. The molecule has 2 N–H and O–H groups in total. The van der Waals surface area contributed by atoms with Crippen molar-refractivity contribution in [2.75, 3.05) is 48.4 Å². The first-order valence-electron chi connectivity index (χ1n) is 10.8.